The van der Waals surface area contributed by atoms with Gasteiger partial charge in [0, 0.05) is 23.3 Å². The molecule has 0 amide bonds. The van der Waals surface area contributed by atoms with Crippen LogP contribution < -0.4 is 0 Å². The van der Waals surface area contributed by atoms with Gasteiger partial charge in [0.15, 0.2) is 0 Å². The van der Waals surface area contributed by atoms with Crippen molar-refractivity contribution in [3.05, 3.63) is 46.7 Å². The van der Waals surface area contributed by atoms with Crippen LogP contribution in [0.1, 0.15) is 16.1 Å². The molecule has 0 saturated carbocycles. The van der Waals surface area contributed by atoms with E-state index in [9.17, 15) is 4.79 Å². The molecule has 0 fully saturated rings. The number of aromatic nitrogens is 2. The number of ketones is 1. The highest BCUT2D eigenvalue weighted by Crippen LogP contribution is 2.10. The highest BCUT2D eigenvalue weighted by atomic mass is 32.1. The molecule has 0 aliphatic carbocycles. The zero-order chi connectivity index (χ0) is 9.10. The van der Waals surface area contributed by atoms with Gasteiger partial charge in [0.25, 0.3) is 0 Å². The zero-order valence-electron chi connectivity index (χ0n) is 6.68. The first-order valence-corrected chi connectivity index (χ1v) is 4.65. The SMILES string of the molecule is O=C(c1ccsc1)c1cnccn1. The molecule has 0 unspecified atom stereocenters. The summed E-state index contributed by atoms with van der Waals surface area (Å²) in [5.41, 5.74) is 1.06. The quantitative estimate of drug-likeness (QED) is 0.678. The minimum absolute atomic E-state index is 0.0747. The Morgan fingerprint density at radius 3 is 2.92 bits per heavy atom. The maximum absolute atomic E-state index is 11.6. The standard InChI is InChI=1S/C9H6N2OS/c12-9(7-1-4-13-6-7)8-5-10-2-3-11-8/h1-6H. The third-order valence-electron chi connectivity index (χ3n) is 1.58. The van der Waals surface area contributed by atoms with E-state index < -0.39 is 0 Å². The van der Waals surface area contributed by atoms with Crippen LogP contribution in [-0.2, 0) is 0 Å². The van der Waals surface area contributed by atoms with Gasteiger partial charge in [0.05, 0.1) is 6.20 Å². The lowest BCUT2D eigenvalue weighted by Crippen LogP contribution is -2.02. The van der Waals surface area contributed by atoms with Crippen molar-refractivity contribution in [2.75, 3.05) is 0 Å². The van der Waals surface area contributed by atoms with Crippen LogP contribution in [0.25, 0.3) is 0 Å². The Hall–Kier alpha value is -1.55. The Kier molecular flexibility index (Phi) is 2.14. The highest BCUT2D eigenvalue weighted by Gasteiger charge is 2.09. The summed E-state index contributed by atoms with van der Waals surface area (Å²) in [6.07, 6.45) is 4.53. The van der Waals surface area contributed by atoms with Crippen LogP contribution in [-0.4, -0.2) is 15.8 Å². The van der Waals surface area contributed by atoms with Gasteiger partial charge in [-0.3, -0.25) is 9.78 Å². The molecule has 0 radical (unpaired) electrons. The molecule has 2 aromatic heterocycles. The fourth-order valence-corrected chi connectivity index (χ4v) is 1.59. The minimum Gasteiger partial charge on any atom is -0.287 e. The Bertz CT molecular complexity index is 397. The highest BCUT2D eigenvalue weighted by molar-refractivity contribution is 7.08. The van der Waals surface area contributed by atoms with E-state index >= 15 is 0 Å². The molecule has 0 bridgehead atoms. The molecule has 4 heteroatoms. The molecule has 64 valence electrons. The van der Waals surface area contributed by atoms with E-state index in [0.717, 1.165) is 0 Å². The molecule has 3 nitrogen and oxygen atoms in total. The zero-order valence-corrected chi connectivity index (χ0v) is 7.49. The van der Waals surface area contributed by atoms with Gasteiger partial charge < -0.3 is 0 Å². The van der Waals surface area contributed by atoms with Crippen molar-refractivity contribution >= 4 is 17.1 Å². The second-order valence-corrected chi connectivity index (χ2v) is 3.21. The van der Waals surface area contributed by atoms with Crippen molar-refractivity contribution in [3.8, 4) is 0 Å². The topological polar surface area (TPSA) is 42.9 Å². The number of hydrogen-bond donors (Lipinski definition) is 0. The monoisotopic (exact) mass is 190 g/mol. The maximum Gasteiger partial charge on any atom is 0.213 e. The van der Waals surface area contributed by atoms with Crippen LogP contribution in [0.2, 0.25) is 0 Å². The van der Waals surface area contributed by atoms with Crippen LogP contribution >= 0.6 is 11.3 Å². The maximum atomic E-state index is 11.6. The van der Waals surface area contributed by atoms with Gasteiger partial charge in [-0.1, -0.05) is 0 Å². The smallest absolute Gasteiger partial charge is 0.213 e. The van der Waals surface area contributed by atoms with Gasteiger partial charge in [-0.15, -0.1) is 0 Å². The molecule has 0 atom stereocenters. The minimum atomic E-state index is -0.0747. The Balaban J connectivity index is 2.34. The average Bonchev–Trinajstić information content (AvgIpc) is 2.71. The van der Waals surface area contributed by atoms with Crippen molar-refractivity contribution in [1.82, 2.24) is 9.97 Å². The van der Waals surface area contributed by atoms with E-state index in [4.69, 9.17) is 0 Å². The Morgan fingerprint density at radius 1 is 1.38 bits per heavy atom. The largest absolute Gasteiger partial charge is 0.287 e. The normalized spacial score (nSPS) is 9.85. The summed E-state index contributed by atoms with van der Waals surface area (Å²) < 4.78 is 0. The second-order valence-electron chi connectivity index (χ2n) is 2.43. The predicted molar refractivity (Wildman–Crippen MR) is 49.8 cm³/mol. The lowest BCUT2D eigenvalue weighted by atomic mass is 10.2. The third kappa shape index (κ3) is 1.62. The third-order valence-corrected chi connectivity index (χ3v) is 2.26. The number of rotatable bonds is 2. The van der Waals surface area contributed by atoms with E-state index in [1.807, 2.05) is 5.38 Å². The lowest BCUT2D eigenvalue weighted by Gasteiger charge is -1.94. The first kappa shape index (κ1) is 8.07. The fourth-order valence-electron chi connectivity index (χ4n) is 0.958. The van der Waals surface area contributed by atoms with Gasteiger partial charge in [-0.05, 0) is 11.4 Å². The van der Waals surface area contributed by atoms with E-state index in [1.54, 1.807) is 17.6 Å². The van der Waals surface area contributed by atoms with Gasteiger partial charge in [-0.25, -0.2) is 4.98 Å². The summed E-state index contributed by atoms with van der Waals surface area (Å²) in [4.78, 5) is 19.4. The average molecular weight is 190 g/mol. The van der Waals surface area contributed by atoms with Crippen LogP contribution in [0.3, 0.4) is 0 Å². The van der Waals surface area contributed by atoms with E-state index in [0.29, 0.717) is 11.3 Å². The second kappa shape index (κ2) is 3.45. The van der Waals surface area contributed by atoms with Gasteiger partial charge in [0.1, 0.15) is 5.69 Å². The molecule has 0 aliphatic heterocycles. The van der Waals surface area contributed by atoms with E-state index in [1.165, 1.54) is 23.7 Å². The molecule has 2 heterocycles. The van der Waals surface area contributed by atoms with Gasteiger partial charge >= 0.3 is 0 Å². The van der Waals surface area contributed by atoms with Crippen LogP contribution in [0.5, 0.6) is 0 Å². The molecule has 2 rings (SSSR count). The van der Waals surface area contributed by atoms with Crippen LogP contribution in [0, 0.1) is 0 Å². The number of hydrogen-bond acceptors (Lipinski definition) is 4. The van der Waals surface area contributed by atoms with Gasteiger partial charge in [0.2, 0.25) is 5.78 Å². The fraction of sp³-hybridized carbons (Fsp3) is 0. The molecule has 0 aliphatic rings. The summed E-state index contributed by atoms with van der Waals surface area (Å²) in [5.74, 6) is -0.0747. The number of carbonyl (C=O) groups is 1. The lowest BCUT2D eigenvalue weighted by molar-refractivity contribution is 0.103. The molecule has 2 aromatic rings. The van der Waals surface area contributed by atoms with Crippen molar-refractivity contribution in [1.29, 1.82) is 0 Å². The first-order valence-electron chi connectivity index (χ1n) is 3.71. The molecular weight excluding hydrogens is 184 g/mol. The van der Waals surface area contributed by atoms with E-state index in [2.05, 4.69) is 9.97 Å². The van der Waals surface area contributed by atoms with E-state index in [-0.39, 0.29) is 5.78 Å². The summed E-state index contributed by atoms with van der Waals surface area (Å²) in [6, 6.07) is 1.78. The van der Waals surface area contributed by atoms with Crippen molar-refractivity contribution in [3.63, 3.8) is 0 Å². The molecule has 0 spiro atoms. The Morgan fingerprint density at radius 2 is 2.31 bits per heavy atom. The van der Waals surface area contributed by atoms with Crippen molar-refractivity contribution in [2.24, 2.45) is 0 Å². The number of thiophene rings is 1. The number of carbonyl (C=O) groups excluding carboxylic acids is 1. The summed E-state index contributed by atoms with van der Waals surface area (Å²) >= 11 is 1.49. The molecule has 0 N–H and O–H groups in total. The molecule has 0 aromatic carbocycles. The number of nitrogens with zero attached hydrogens (tertiary/aromatic N) is 2. The van der Waals surface area contributed by atoms with Crippen molar-refractivity contribution < 1.29 is 4.79 Å². The first-order chi connectivity index (χ1) is 6.38. The summed E-state index contributed by atoms with van der Waals surface area (Å²) in [7, 11) is 0. The van der Waals surface area contributed by atoms with Crippen LogP contribution in [0.4, 0.5) is 0 Å². The molecule has 0 saturated heterocycles. The Labute approximate surface area is 79.1 Å². The summed E-state index contributed by atoms with van der Waals surface area (Å²) in [5, 5.41) is 3.67. The molecular formula is C9H6N2OS. The summed E-state index contributed by atoms with van der Waals surface area (Å²) in [6.45, 7) is 0. The predicted octanol–water partition coefficient (Wildman–Crippen LogP) is 1.77. The van der Waals surface area contributed by atoms with Crippen LogP contribution in [0.15, 0.2) is 35.4 Å². The molecule has 13 heavy (non-hydrogen) atoms. The van der Waals surface area contributed by atoms with Crippen molar-refractivity contribution in [2.45, 2.75) is 0 Å². The van der Waals surface area contributed by atoms with Gasteiger partial charge in [-0.2, -0.15) is 11.3 Å².